The molecule has 0 aromatic carbocycles. The fourth-order valence-corrected chi connectivity index (χ4v) is 2.44. The van der Waals surface area contributed by atoms with Crippen LogP contribution >= 0.6 is 11.8 Å². The molecule has 2 aromatic rings. The van der Waals surface area contributed by atoms with E-state index in [1.165, 1.54) is 11.8 Å². The number of imidazole rings is 1. The zero-order chi connectivity index (χ0) is 14.7. The maximum Gasteiger partial charge on any atom is 0.313 e. The highest BCUT2D eigenvalue weighted by molar-refractivity contribution is 7.99. The Hall–Kier alpha value is -1.83. The van der Waals surface area contributed by atoms with E-state index < -0.39 is 5.97 Å². The highest BCUT2D eigenvalue weighted by Gasteiger charge is 2.17. The van der Waals surface area contributed by atoms with E-state index in [-0.39, 0.29) is 5.75 Å². The number of aliphatic carboxylic acids is 1. The third-order valence-corrected chi connectivity index (χ3v) is 3.47. The molecule has 0 aliphatic carbocycles. The fraction of sp³-hybridized carbons (Fsp3) is 0.500. The lowest BCUT2D eigenvalue weighted by Crippen LogP contribution is -2.09. The van der Waals surface area contributed by atoms with E-state index in [1.54, 1.807) is 6.33 Å². The number of hydrogen-bond acceptors (Lipinski definition) is 5. The average Bonchev–Trinajstić information content (AvgIpc) is 2.93. The maximum absolute atomic E-state index is 10.7. The largest absolute Gasteiger partial charge is 0.481 e. The Kier molecular flexibility index (Phi) is 4.43. The molecule has 0 atom stereocenters. The molecule has 2 rings (SSSR count). The summed E-state index contributed by atoms with van der Waals surface area (Å²) in [5.74, 6) is 0.177. The molecule has 0 fully saturated rings. The third-order valence-electron chi connectivity index (χ3n) is 2.52. The van der Waals surface area contributed by atoms with Crippen LogP contribution in [-0.4, -0.2) is 41.1 Å². The summed E-state index contributed by atoms with van der Waals surface area (Å²) in [5, 5.41) is 17.6. The molecule has 0 unspecified atom stereocenters. The van der Waals surface area contributed by atoms with Crippen LogP contribution in [0.2, 0.25) is 0 Å². The Labute approximate surface area is 121 Å². The van der Waals surface area contributed by atoms with Gasteiger partial charge < -0.3 is 14.2 Å². The minimum atomic E-state index is -0.867. The van der Waals surface area contributed by atoms with Crippen LogP contribution < -0.4 is 0 Å². The number of nitrogens with zero attached hydrogens (tertiary/aromatic N) is 5. The number of carboxylic acids is 1. The average molecular weight is 295 g/mol. The van der Waals surface area contributed by atoms with Gasteiger partial charge in [0.2, 0.25) is 0 Å². The molecule has 0 radical (unpaired) electrons. The lowest BCUT2D eigenvalue weighted by atomic mass is 10.2. The van der Waals surface area contributed by atoms with Gasteiger partial charge in [-0.25, -0.2) is 4.98 Å². The van der Waals surface area contributed by atoms with Gasteiger partial charge in [0.25, 0.3) is 0 Å². The molecule has 0 bridgehead atoms. The first-order valence-electron chi connectivity index (χ1n) is 6.23. The molecule has 0 aliphatic rings. The van der Waals surface area contributed by atoms with Gasteiger partial charge in [-0.1, -0.05) is 25.6 Å². The Bertz CT molecular complexity index is 605. The van der Waals surface area contributed by atoms with Crippen LogP contribution in [0.3, 0.4) is 0 Å². The molecule has 0 saturated heterocycles. The van der Waals surface area contributed by atoms with Crippen molar-refractivity contribution in [2.75, 3.05) is 5.75 Å². The van der Waals surface area contributed by atoms with Crippen LogP contribution in [0.4, 0.5) is 0 Å². The summed E-state index contributed by atoms with van der Waals surface area (Å²) in [4.78, 5) is 15.0. The zero-order valence-corrected chi connectivity index (χ0v) is 12.5. The number of carboxylic acid groups (broad SMARTS) is 1. The first kappa shape index (κ1) is 14.6. The molecule has 0 saturated carbocycles. The van der Waals surface area contributed by atoms with Crippen LogP contribution in [0.15, 0.2) is 17.7 Å². The molecular formula is C12H17N5O2S. The normalized spacial score (nSPS) is 11.2. The summed E-state index contributed by atoms with van der Waals surface area (Å²) in [6.45, 7) is 4.91. The van der Waals surface area contributed by atoms with Crippen LogP contribution in [0.1, 0.15) is 13.8 Å². The molecule has 2 aromatic heterocycles. The van der Waals surface area contributed by atoms with E-state index >= 15 is 0 Å². The lowest BCUT2D eigenvalue weighted by molar-refractivity contribution is -0.133. The molecule has 7 nitrogen and oxygen atoms in total. The number of carbonyl (C=O) groups is 1. The number of thioether (sulfide) groups is 1. The SMILES string of the molecule is CC(C)Cn1c(SCC(=O)O)nnc1-c1cn(C)cn1. The van der Waals surface area contributed by atoms with Gasteiger partial charge in [0.15, 0.2) is 11.0 Å². The molecule has 20 heavy (non-hydrogen) atoms. The van der Waals surface area contributed by atoms with Gasteiger partial charge in [0.05, 0.1) is 12.1 Å². The molecule has 108 valence electrons. The minimum absolute atomic E-state index is 0.0293. The maximum atomic E-state index is 10.7. The number of aromatic nitrogens is 5. The zero-order valence-electron chi connectivity index (χ0n) is 11.6. The molecule has 1 N–H and O–H groups in total. The first-order chi connectivity index (χ1) is 9.47. The Morgan fingerprint density at radius 2 is 2.20 bits per heavy atom. The Morgan fingerprint density at radius 1 is 1.45 bits per heavy atom. The minimum Gasteiger partial charge on any atom is -0.481 e. The van der Waals surface area contributed by atoms with Crippen molar-refractivity contribution in [3.8, 4) is 11.5 Å². The van der Waals surface area contributed by atoms with Crippen LogP contribution in [0.25, 0.3) is 11.5 Å². The van der Waals surface area contributed by atoms with Crippen LogP contribution in [0.5, 0.6) is 0 Å². The van der Waals surface area contributed by atoms with Crippen molar-refractivity contribution in [1.82, 2.24) is 24.3 Å². The number of rotatable bonds is 6. The monoisotopic (exact) mass is 295 g/mol. The van der Waals surface area contributed by atoms with E-state index in [0.717, 1.165) is 12.2 Å². The molecule has 8 heteroatoms. The summed E-state index contributed by atoms with van der Waals surface area (Å²) in [6, 6.07) is 0. The van der Waals surface area contributed by atoms with E-state index in [1.807, 2.05) is 22.4 Å². The van der Waals surface area contributed by atoms with Gasteiger partial charge in [-0.3, -0.25) is 4.79 Å². The molecule has 2 heterocycles. The molecule has 0 aliphatic heterocycles. The van der Waals surface area contributed by atoms with Gasteiger partial charge in [0.1, 0.15) is 5.69 Å². The van der Waals surface area contributed by atoms with E-state index in [0.29, 0.717) is 16.9 Å². The van der Waals surface area contributed by atoms with Crippen molar-refractivity contribution in [1.29, 1.82) is 0 Å². The molecule has 0 spiro atoms. The van der Waals surface area contributed by atoms with Gasteiger partial charge in [0, 0.05) is 19.8 Å². The highest BCUT2D eigenvalue weighted by atomic mass is 32.2. The highest BCUT2D eigenvalue weighted by Crippen LogP contribution is 2.23. The van der Waals surface area contributed by atoms with Crippen molar-refractivity contribution in [2.45, 2.75) is 25.5 Å². The molecule has 0 amide bonds. The number of aryl methyl sites for hydroxylation is 1. The summed E-state index contributed by atoms with van der Waals surface area (Å²) >= 11 is 1.17. The second-order valence-corrected chi connectivity index (χ2v) is 5.86. The fourth-order valence-electron chi connectivity index (χ4n) is 1.77. The second kappa shape index (κ2) is 6.08. The van der Waals surface area contributed by atoms with Crippen molar-refractivity contribution in [3.63, 3.8) is 0 Å². The Morgan fingerprint density at radius 3 is 2.75 bits per heavy atom. The van der Waals surface area contributed by atoms with Gasteiger partial charge in [-0.2, -0.15) is 0 Å². The second-order valence-electron chi connectivity index (χ2n) is 4.92. The first-order valence-corrected chi connectivity index (χ1v) is 7.22. The summed E-state index contributed by atoms with van der Waals surface area (Å²) in [7, 11) is 1.89. The third kappa shape index (κ3) is 3.38. The Balaban J connectivity index is 2.33. The van der Waals surface area contributed by atoms with Crippen molar-refractivity contribution in [2.24, 2.45) is 13.0 Å². The smallest absolute Gasteiger partial charge is 0.313 e. The van der Waals surface area contributed by atoms with E-state index in [9.17, 15) is 4.79 Å². The topological polar surface area (TPSA) is 85.8 Å². The van der Waals surface area contributed by atoms with E-state index in [2.05, 4.69) is 29.0 Å². The number of hydrogen-bond donors (Lipinski definition) is 1. The van der Waals surface area contributed by atoms with Gasteiger partial charge >= 0.3 is 5.97 Å². The van der Waals surface area contributed by atoms with E-state index in [4.69, 9.17) is 5.11 Å². The van der Waals surface area contributed by atoms with Crippen LogP contribution in [-0.2, 0) is 18.4 Å². The van der Waals surface area contributed by atoms with Crippen molar-refractivity contribution in [3.05, 3.63) is 12.5 Å². The van der Waals surface area contributed by atoms with Gasteiger partial charge in [-0.05, 0) is 5.92 Å². The molecular weight excluding hydrogens is 278 g/mol. The lowest BCUT2D eigenvalue weighted by Gasteiger charge is -2.10. The predicted molar refractivity (Wildman–Crippen MR) is 75.4 cm³/mol. The standard InChI is InChI=1S/C12H17N5O2S/c1-8(2)4-17-11(9-5-16(3)7-13-9)14-15-12(17)20-6-10(18)19/h5,7-8H,4,6H2,1-3H3,(H,18,19). The van der Waals surface area contributed by atoms with Crippen LogP contribution in [0, 0.1) is 5.92 Å². The van der Waals surface area contributed by atoms with Crippen molar-refractivity contribution >= 4 is 17.7 Å². The summed E-state index contributed by atoms with van der Waals surface area (Å²) in [6.07, 6.45) is 3.57. The summed E-state index contributed by atoms with van der Waals surface area (Å²) in [5.41, 5.74) is 0.739. The summed E-state index contributed by atoms with van der Waals surface area (Å²) < 4.78 is 3.77. The van der Waals surface area contributed by atoms with Gasteiger partial charge in [-0.15, -0.1) is 10.2 Å². The van der Waals surface area contributed by atoms with Crippen molar-refractivity contribution < 1.29 is 9.90 Å². The quantitative estimate of drug-likeness (QED) is 0.813. The predicted octanol–water partition coefficient (Wildman–Crippen LogP) is 1.51.